The summed E-state index contributed by atoms with van der Waals surface area (Å²) < 4.78 is 0. The molecule has 1 saturated heterocycles. The van der Waals surface area contributed by atoms with Crippen molar-refractivity contribution in [2.45, 2.75) is 33.1 Å². The van der Waals surface area contributed by atoms with E-state index in [9.17, 15) is 4.79 Å². The number of halogens is 1. The van der Waals surface area contributed by atoms with Gasteiger partial charge in [-0.05, 0) is 25.0 Å². The zero-order valence-electron chi connectivity index (χ0n) is 13.8. The molecule has 1 aromatic carbocycles. The number of rotatable bonds is 4. The Labute approximate surface area is 141 Å². The first kappa shape index (κ1) is 16.1. The lowest BCUT2D eigenvalue weighted by molar-refractivity contribution is -0.128. The van der Waals surface area contributed by atoms with Crippen LogP contribution in [0.25, 0.3) is 11.3 Å². The highest BCUT2D eigenvalue weighted by Gasteiger charge is 2.33. The SMILES string of the molecule is Cc1[nH]c([C@@H]2CC(=O)N(CC(C)C)C2)nc1-c1ccc(Cl)cc1. The van der Waals surface area contributed by atoms with Crippen LogP contribution in [0.15, 0.2) is 24.3 Å². The predicted molar refractivity (Wildman–Crippen MR) is 92.5 cm³/mol. The highest BCUT2D eigenvalue weighted by Crippen LogP contribution is 2.30. The second kappa shape index (κ2) is 6.36. The van der Waals surface area contributed by atoms with Crippen LogP contribution in [0.4, 0.5) is 0 Å². The maximum Gasteiger partial charge on any atom is 0.223 e. The van der Waals surface area contributed by atoms with Crippen molar-refractivity contribution in [1.29, 1.82) is 0 Å². The Morgan fingerprint density at radius 1 is 1.35 bits per heavy atom. The van der Waals surface area contributed by atoms with Gasteiger partial charge in [0.25, 0.3) is 0 Å². The fraction of sp³-hybridized carbons (Fsp3) is 0.444. The Kier molecular flexibility index (Phi) is 4.44. The maximum atomic E-state index is 12.2. The minimum atomic E-state index is 0.154. The Morgan fingerprint density at radius 2 is 2.04 bits per heavy atom. The topological polar surface area (TPSA) is 49.0 Å². The van der Waals surface area contributed by atoms with E-state index in [1.54, 1.807) is 0 Å². The molecule has 4 nitrogen and oxygen atoms in total. The Balaban J connectivity index is 1.81. The lowest BCUT2D eigenvalue weighted by Crippen LogP contribution is -2.29. The second-order valence-electron chi connectivity index (χ2n) is 6.70. The van der Waals surface area contributed by atoms with E-state index in [0.29, 0.717) is 17.4 Å². The smallest absolute Gasteiger partial charge is 0.223 e. The van der Waals surface area contributed by atoms with Gasteiger partial charge in [-0.2, -0.15) is 0 Å². The molecule has 1 amide bonds. The first-order valence-corrected chi connectivity index (χ1v) is 8.42. The van der Waals surface area contributed by atoms with Crippen molar-refractivity contribution in [2.24, 2.45) is 5.92 Å². The van der Waals surface area contributed by atoms with Crippen LogP contribution in [0, 0.1) is 12.8 Å². The van der Waals surface area contributed by atoms with E-state index in [-0.39, 0.29) is 11.8 Å². The molecular formula is C18H22ClN3O. The van der Waals surface area contributed by atoms with Gasteiger partial charge in [0.2, 0.25) is 5.91 Å². The number of hydrogen-bond acceptors (Lipinski definition) is 2. The molecule has 2 aromatic rings. The van der Waals surface area contributed by atoms with Gasteiger partial charge in [-0.15, -0.1) is 0 Å². The lowest BCUT2D eigenvalue weighted by atomic mass is 10.1. The van der Waals surface area contributed by atoms with E-state index in [1.807, 2.05) is 36.1 Å². The van der Waals surface area contributed by atoms with E-state index in [4.69, 9.17) is 16.6 Å². The van der Waals surface area contributed by atoms with Gasteiger partial charge < -0.3 is 9.88 Å². The summed E-state index contributed by atoms with van der Waals surface area (Å²) >= 11 is 5.95. The first-order valence-electron chi connectivity index (χ1n) is 8.04. The fourth-order valence-electron chi connectivity index (χ4n) is 3.14. The summed E-state index contributed by atoms with van der Waals surface area (Å²) in [5, 5.41) is 0.716. The molecule has 1 aliphatic rings. The number of carbonyl (C=O) groups excluding carboxylic acids is 1. The van der Waals surface area contributed by atoms with Crippen molar-refractivity contribution in [1.82, 2.24) is 14.9 Å². The number of hydrogen-bond donors (Lipinski definition) is 1. The molecule has 23 heavy (non-hydrogen) atoms. The number of nitrogens with zero attached hydrogens (tertiary/aromatic N) is 2. The van der Waals surface area contributed by atoms with Gasteiger partial charge in [-0.1, -0.05) is 37.6 Å². The van der Waals surface area contributed by atoms with Crippen LogP contribution >= 0.6 is 11.6 Å². The van der Waals surface area contributed by atoms with Gasteiger partial charge >= 0.3 is 0 Å². The molecule has 0 radical (unpaired) electrons. The van der Waals surface area contributed by atoms with Crippen LogP contribution in [0.1, 0.15) is 37.7 Å². The molecule has 122 valence electrons. The van der Waals surface area contributed by atoms with E-state index in [2.05, 4.69) is 18.8 Å². The third-order valence-corrected chi connectivity index (χ3v) is 4.46. The third-order valence-electron chi connectivity index (χ3n) is 4.21. The second-order valence-corrected chi connectivity index (χ2v) is 7.13. The van der Waals surface area contributed by atoms with Gasteiger partial charge in [0, 0.05) is 41.7 Å². The minimum Gasteiger partial charge on any atom is -0.345 e. The number of nitrogens with one attached hydrogen (secondary N) is 1. The minimum absolute atomic E-state index is 0.154. The summed E-state index contributed by atoms with van der Waals surface area (Å²) in [4.78, 5) is 22.2. The Bertz CT molecular complexity index is 706. The summed E-state index contributed by atoms with van der Waals surface area (Å²) in [5.41, 5.74) is 3.00. The number of benzene rings is 1. The van der Waals surface area contributed by atoms with Crippen molar-refractivity contribution in [2.75, 3.05) is 13.1 Å². The zero-order chi connectivity index (χ0) is 16.6. The number of H-pyrrole nitrogens is 1. The first-order chi connectivity index (χ1) is 10.9. The average Bonchev–Trinajstić information content (AvgIpc) is 3.03. The molecule has 0 spiro atoms. The molecule has 0 unspecified atom stereocenters. The number of likely N-dealkylation sites (tertiary alicyclic amines) is 1. The van der Waals surface area contributed by atoms with Gasteiger partial charge in [0.05, 0.1) is 5.69 Å². The van der Waals surface area contributed by atoms with Crippen LogP contribution in [0.2, 0.25) is 5.02 Å². The zero-order valence-corrected chi connectivity index (χ0v) is 14.5. The van der Waals surface area contributed by atoms with E-state index < -0.39 is 0 Å². The monoisotopic (exact) mass is 331 g/mol. The van der Waals surface area contributed by atoms with E-state index in [0.717, 1.165) is 35.9 Å². The summed E-state index contributed by atoms with van der Waals surface area (Å²) in [6.45, 7) is 7.86. The van der Waals surface area contributed by atoms with Crippen molar-refractivity contribution in [3.05, 3.63) is 40.8 Å². The molecule has 0 bridgehead atoms. The molecule has 1 fully saturated rings. The molecule has 5 heteroatoms. The highest BCUT2D eigenvalue weighted by molar-refractivity contribution is 6.30. The van der Waals surface area contributed by atoms with Crippen LogP contribution in [-0.4, -0.2) is 33.9 Å². The quantitative estimate of drug-likeness (QED) is 0.920. The lowest BCUT2D eigenvalue weighted by Gasteiger charge is -2.18. The summed E-state index contributed by atoms with van der Waals surface area (Å²) in [7, 11) is 0. The standard InChI is InChI=1S/C18H22ClN3O/c1-11(2)9-22-10-14(8-16(22)23)18-20-12(3)17(21-18)13-4-6-15(19)7-5-13/h4-7,11,14H,8-10H2,1-3H3,(H,20,21)/t14-/m1/s1. The van der Waals surface area contributed by atoms with E-state index >= 15 is 0 Å². The highest BCUT2D eigenvalue weighted by atomic mass is 35.5. The molecule has 0 saturated carbocycles. The predicted octanol–water partition coefficient (Wildman–Crippen LogP) is 4.01. The molecule has 1 aliphatic heterocycles. The Morgan fingerprint density at radius 3 is 2.70 bits per heavy atom. The maximum absolute atomic E-state index is 12.2. The number of imidazole rings is 1. The van der Waals surface area contributed by atoms with Gasteiger partial charge in [0.15, 0.2) is 0 Å². The molecular weight excluding hydrogens is 310 g/mol. The summed E-state index contributed by atoms with van der Waals surface area (Å²) in [5.74, 6) is 1.78. The number of aromatic amines is 1. The van der Waals surface area contributed by atoms with Crippen molar-refractivity contribution < 1.29 is 4.79 Å². The van der Waals surface area contributed by atoms with Crippen LogP contribution < -0.4 is 0 Å². The van der Waals surface area contributed by atoms with Crippen molar-refractivity contribution in [3.8, 4) is 11.3 Å². The summed E-state index contributed by atoms with van der Waals surface area (Å²) in [6, 6.07) is 7.68. The molecule has 2 heterocycles. The third kappa shape index (κ3) is 3.42. The fourth-order valence-corrected chi connectivity index (χ4v) is 3.26. The van der Waals surface area contributed by atoms with Gasteiger partial charge in [0.1, 0.15) is 5.82 Å². The van der Waals surface area contributed by atoms with Crippen LogP contribution in [0.5, 0.6) is 0 Å². The van der Waals surface area contributed by atoms with E-state index in [1.165, 1.54) is 0 Å². The van der Waals surface area contributed by atoms with Crippen molar-refractivity contribution >= 4 is 17.5 Å². The molecule has 1 atom stereocenters. The van der Waals surface area contributed by atoms with Crippen molar-refractivity contribution in [3.63, 3.8) is 0 Å². The molecule has 1 N–H and O–H groups in total. The van der Waals surface area contributed by atoms with Crippen LogP contribution in [0.3, 0.4) is 0 Å². The largest absolute Gasteiger partial charge is 0.345 e. The molecule has 1 aromatic heterocycles. The number of aryl methyl sites for hydroxylation is 1. The average molecular weight is 332 g/mol. The van der Waals surface area contributed by atoms with Crippen LogP contribution in [-0.2, 0) is 4.79 Å². The molecule has 3 rings (SSSR count). The van der Waals surface area contributed by atoms with Gasteiger partial charge in [-0.3, -0.25) is 4.79 Å². The Hall–Kier alpha value is -1.81. The summed E-state index contributed by atoms with van der Waals surface area (Å²) in [6.07, 6.45) is 0.541. The number of aromatic nitrogens is 2. The number of carbonyl (C=O) groups is 1. The molecule has 0 aliphatic carbocycles. The normalized spacial score (nSPS) is 18.2. The number of amides is 1. The van der Waals surface area contributed by atoms with Gasteiger partial charge in [-0.25, -0.2) is 4.98 Å².